The second-order valence-electron chi connectivity index (χ2n) is 9.10. The molecule has 0 aromatic carbocycles. The van der Waals surface area contributed by atoms with Gasteiger partial charge in [-0.3, -0.25) is 14.4 Å². The summed E-state index contributed by atoms with van der Waals surface area (Å²) in [7, 11) is 0. The van der Waals surface area contributed by atoms with E-state index >= 15 is 0 Å². The van der Waals surface area contributed by atoms with Crippen LogP contribution in [0.2, 0.25) is 0 Å². The standard InChI is InChI=1S/C22H28O3/c1-4-18(24)17-8-7-16-15-6-5-13-11-14(23)9-10-21(13,2)20(15)19(25)12-22(16,17)3/h5-6,11,15-17,20H,4,7-10,12H2,1-3H3/t15-,16-,17+,20+,21-,22-/m0/s1. The lowest BCUT2D eigenvalue weighted by atomic mass is 9.48. The topological polar surface area (TPSA) is 51.2 Å². The van der Waals surface area contributed by atoms with E-state index in [4.69, 9.17) is 0 Å². The van der Waals surface area contributed by atoms with Crippen molar-refractivity contribution in [1.29, 1.82) is 0 Å². The Bertz CT molecular complexity index is 715. The zero-order chi connectivity index (χ0) is 18.0. The molecule has 0 aliphatic heterocycles. The Morgan fingerprint density at radius 1 is 1.24 bits per heavy atom. The first-order valence-corrected chi connectivity index (χ1v) is 9.80. The van der Waals surface area contributed by atoms with E-state index < -0.39 is 0 Å². The average molecular weight is 340 g/mol. The number of hydrogen-bond donors (Lipinski definition) is 0. The Morgan fingerprint density at radius 3 is 2.72 bits per heavy atom. The summed E-state index contributed by atoms with van der Waals surface area (Å²) in [5.41, 5.74) is 0.650. The van der Waals surface area contributed by atoms with Crippen LogP contribution in [0.5, 0.6) is 0 Å². The van der Waals surface area contributed by atoms with E-state index in [2.05, 4.69) is 26.0 Å². The van der Waals surface area contributed by atoms with E-state index in [-0.39, 0.29) is 34.4 Å². The van der Waals surface area contributed by atoms with Crippen LogP contribution in [0.15, 0.2) is 23.8 Å². The van der Waals surface area contributed by atoms with Crippen LogP contribution in [0, 0.1) is 34.5 Å². The van der Waals surface area contributed by atoms with Gasteiger partial charge in [0.2, 0.25) is 0 Å². The summed E-state index contributed by atoms with van der Waals surface area (Å²) in [6, 6.07) is 0. The third-order valence-electron chi connectivity index (χ3n) is 7.95. The van der Waals surface area contributed by atoms with Crippen LogP contribution in [0.25, 0.3) is 0 Å². The first-order chi connectivity index (χ1) is 11.8. The van der Waals surface area contributed by atoms with Crippen molar-refractivity contribution in [3.63, 3.8) is 0 Å². The summed E-state index contributed by atoms with van der Waals surface area (Å²) in [4.78, 5) is 37.7. The van der Waals surface area contributed by atoms with E-state index in [1.807, 2.05) is 6.92 Å². The van der Waals surface area contributed by atoms with Crippen molar-refractivity contribution < 1.29 is 14.4 Å². The summed E-state index contributed by atoms with van der Waals surface area (Å²) >= 11 is 0. The van der Waals surface area contributed by atoms with Crippen molar-refractivity contribution in [3.8, 4) is 0 Å². The van der Waals surface area contributed by atoms with Crippen molar-refractivity contribution in [2.24, 2.45) is 34.5 Å². The Hall–Kier alpha value is -1.51. The molecule has 0 bridgehead atoms. The predicted molar refractivity (Wildman–Crippen MR) is 95.8 cm³/mol. The summed E-state index contributed by atoms with van der Waals surface area (Å²) in [6.07, 6.45) is 10.4. The Kier molecular flexibility index (Phi) is 3.72. The quantitative estimate of drug-likeness (QED) is 0.761. The van der Waals surface area contributed by atoms with Gasteiger partial charge >= 0.3 is 0 Å². The molecule has 3 nitrogen and oxygen atoms in total. The maximum atomic E-state index is 13.3. The van der Waals surface area contributed by atoms with Crippen LogP contribution in [0.4, 0.5) is 0 Å². The van der Waals surface area contributed by atoms with E-state index in [9.17, 15) is 14.4 Å². The van der Waals surface area contributed by atoms with Gasteiger partial charge in [-0.2, -0.15) is 0 Å². The van der Waals surface area contributed by atoms with Crippen LogP contribution in [-0.4, -0.2) is 17.3 Å². The molecule has 0 saturated heterocycles. The molecule has 4 aliphatic carbocycles. The second kappa shape index (κ2) is 5.49. The normalized spacial score (nSPS) is 45.5. The maximum absolute atomic E-state index is 13.3. The fraction of sp³-hybridized carbons (Fsp3) is 0.682. The smallest absolute Gasteiger partial charge is 0.156 e. The van der Waals surface area contributed by atoms with Crippen molar-refractivity contribution in [3.05, 3.63) is 23.8 Å². The number of rotatable bonds is 2. The van der Waals surface area contributed by atoms with Crippen LogP contribution in [-0.2, 0) is 14.4 Å². The van der Waals surface area contributed by atoms with Gasteiger partial charge in [-0.25, -0.2) is 0 Å². The van der Waals surface area contributed by atoms with Gasteiger partial charge in [0.05, 0.1) is 0 Å². The molecule has 3 heteroatoms. The van der Waals surface area contributed by atoms with Crippen LogP contribution in [0.1, 0.15) is 59.3 Å². The second-order valence-corrected chi connectivity index (χ2v) is 9.10. The van der Waals surface area contributed by atoms with Gasteiger partial charge in [-0.1, -0.05) is 32.9 Å². The van der Waals surface area contributed by atoms with E-state index in [0.29, 0.717) is 36.7 Å². The number of fused-ring (bicyclic) bond motifs is 5. The number of allylic oxidation sites excluding steroid dienone is 4. The summed E-state index contributed by atoms with van der Waals surface area (Å²) in [6.45, 7) is 6.30. The number of carbonyl (C=O) groups is 3. The predicted octanol–water partition coefficient (Wildman–Crippen LogP) is 4.07. The first-order valence-electron chi connectivity index (χ1n) is 9.80. The zero-order valence-electron chi connectivity index (χ0n) is 15.5. The Labute approximate surface area is 149 Å². The largest absolute Gasteiger partial charge is 0.299 e. The van der Waals surface area contributed by atoms with Gasteiger partial charge in [0.15, 0.2) is 5.78 Å². The molecule has 0 amide bonds. The highest BCUT2D eigenvalue weighted by molar-refractivity contribution is 5.94. The van der Waals surface area contributed by atoms with Crippen LogP contribution in [0.3, 0.4) is 0 Å². The minimum Gasteiger partial charge on any atom is -0.299 e. The molecule has 4 aliphatic rings. The highest BCUT2D eigenvalue weighted by atomic mass is 16.1. The average Bonchev–Trinajstić information content (AvgIpc) is 2.91. The minimum absolute atomic E-state index is 0.0228. The van der Waals surface area contributed by atoms with Gasteiger partial charge in [-0.15, -0.1) is 0 Å². The molecule has 6 atom stereocenters. The van der Waals surface area contributed by atoms with E-state index in [1.54, 1.807) is 6.08 Å². The lowest BCUT2D eigenvalue weighted by Crippen LogP contribution is -2.54. The summed E-state index contributed by atoms with van der Waals surface area (Å²) in [5.74, 6) is 1.46. The SMILES string of the molecule is CCC(=O)[C@H]1CC[C@H]2[C@@H]3C=CC4=CC(=O)CC[C@]4(C)[C@H]3C(=O)C[C@]12C. The fourth-order valence-electron chi connectivity index (χ4n) is 6.61. The van der Waals surface area contributed by atoms with Gasteiger partial charge in [0.25, 0.3) is 0 Å². The molecular formula is C22H28O3. The lowest BCUT2D eigenvalue weighted by Gasteiger charge is -2.54. The monoisotopic (exact) mass is 340 g/mol. The molecule has 134 valence electrons. The third-order valence-corrected chi connectivity index (χ3v) is 7.95. The van der Waals surface area contributed by atoms with E-state index in [0.717, 1.165) is 24.8 Å². The van der Waals surface area contributed by atoms with Crippen molar-refractivity contribution >= 4 is 17.3 Å². The molecule has 4 rings (SSSR count). The number of Topliss-reactive ketones (excluding diaryl/α,β-unsaturated/α-hetero) is 2. The molecule has 25 heavy (non-hydrogen) atoms. The molecule has 0 heterocycles. The number of hydrogen-bond acceptors (Lipinski definition) is 3. The molecule has 2 saturated carbocycles. The Balaban J connectivity index is 1.76. The zero-order valence-corrected chi connectivity index (χ0v) is 15.5. The minimum atomic E-state index is -0.210. The van der Waals surface area contributed by atoms with Gasteiger partial charge < -0.3 is 0 Å². The Morgan fingerprint density at radius 2 is 2.00 bits per heavy atom. The van der Waals surface area contributed by atoms with Crippen molar-refractivity contribution in [2.75, 3.05) is 0 Å². The number of ketones is 3. The molecule has 0 spiro atoms. The molecule has 0 aromatic heterocycles. The molecule has 0 N–H and O–H groups in total. The number of carbonyl (C=O) groups excluding carboxylic acids is 3. The van der Waals surface area contributed by atoms with Crippen molar-refractivity contribution in [2.45, 2.75) is 59.3 Å². The molecular weight excluding hydrogens is 312 g/mol. The highest BCUT2D eigenvalue weighted by Crippen LogP contribution is 2.64. The fourth-order valence-corrected chi connectivity index (χ4v) is 6.61. The first kappa shape index (κ1) is 16.9. The lowest BCUT2D eigenvalue weighted by molar-refractivity contribution is -0.143. The van der Waals surface area contributed by atoms with Gasteiger partial charge in [-0.05, 0) is 48.2 Å². The molecule has 0 radical (unpaired) electrons. The van der Waals surface area contributed by atoms with Crippen LogP contribution < -0.4 is 0 Å². The molecule has 2 fully saturated rings. The molecule has 0 aromatic rings. The summed E-state index contributed by atoms with van der Waals surface area (Å²) < 4.78 is 0. The third kappa shape index (κ3) is 2.20. The van der Waals surface area contributed by atoms with Gasteiger partial charge in [0, 0.05) is 36.5 Å². The highest BCUT2D eigenvalue weighted by Gasteiger charge is 2.62. The van der Waals surface area contributed by atoms with Gasteiger partial charge in [0.1, 0.15) is 11.6 Å². The van der Waals surface area contributed by atoms with E-state index in [1.165, 1.54) is 0 Å². The summed E-state index contributed by atoms with van der Waals surface area (Å²) in [5, 5.41) is 0. The van der Waals surface area contributed by atoms with Crippen molar-refractivity contribution in [1.82, 2.24) is 0 Å². The van der Waals surface area contributed by atoms with Crippen LogP contribution >= 0.6 is 0 Å². The molecule has 0 unspecified atom stereocenters. The maximum Gasteiger partial charge on any atom is 0.156 e.